The highest BCUT2D eigenvalue weighted by Gasteiger charge is 2.23. The van der Waals surface area contributed by atoms with Crippen molar-refractivity contribution in [1.29, 1.82) is 0 Å². The average Bonchev–Trinajstić information content (AvgIpc) is 2.76. The van der Waals surface area contributed by atoms with Crippen molar-refractivity contribution in [3.8, 4) is 0 Å². The third-order valence-corrected chi connectivity index (χ3v) is 4.20. The Hall–Kier alpha value is -1.55. The van der Waals surface area contributed by atoms with Crippen LogP contribution in [0.3, 0.4) is 0 Å². The fourth-order valence-corrected chi connectivity index (χ4v) is 3.07. The van der Waals surface area contributed by atoms with Gasteiger partial charge in [0.25, 0.3) is 0 Å². The number of aryl methyl sites for hydroxylation is 1. The molecular formula is C15H14BrFN2. The maximum Gasteiger partial charge on any atom is 0.125 e. The second-order valence-electron chi connectivity index (χ2n) is 4.83. The van der Waals surface area contributed by atoms with Crippen molar-refractivity contribution in [3.63, 3.8) is 0 Å². The molecule has 2 nitrogen and oxygen atoms in total. The van der Waals surface area contributed by atoms with Crippen LogP contribution in [0.2, 0.25) is 0 Å². The van der Waals surface area contributed by atoms with Gasteiger partial charge in [0, 0.05) is 22.4 Å². The van der Waals surface area contributed by atoms with Gasteiger partial charge in [-0.05, 0) is 64.7 Å². The molecule has 0 aliphatic carbocycles. The first-order valence-corrected chi connectivity index (χ1v) is 6.97. The quantitative estimate of drug-likeness (QED) is 0.799. The number of nitrogen functional groups attached to an aromatic ring is 1. The first-order chi connectivity index (χ1) is 9.06. The Bertz CT molecular complexity index is 655. The molecule has 19 heavy (non-hydrogen) atoms. The van der Waals surface area contributed by atoms with Gasteiger partial charge in [-0.25, -0.2) is 4.39 Å². The maximum atomic E-state index is 13.4. The highest BCUT2D eigenvalue weighted by atomic mass is 79.9. The van der Waals surface area contributed by atoms with Crippen molar-refractivity contribution in [2.75, 3.05) is 17.2 Å². The molecule has 0 atom stereocenters. The molecule has 3 rings (SSSR count). The summed E-state index contributed by atoms with van der Waals surface area (Å²) in [5.74, 6) is -0.200. The fraction of sp³-hybridized carbons (Fsp3) is 0.200. The lowest BCUT2D eigenvalue weighted by atomic mass is 10.1. The molecule has 4 heteroatoms. The Morgan fingerprint density at radius 3 is 2.79 bits per heavy atom. The number of benzene rings is 2. The lowest BCUT2D eigenvalue weighted by Gasteiger charge is -2.22. The van der Waals surface area contributed by atoms with E-state index in [1.165, 1.54) is 11.6 Å². The van der Waals surface area contributed by atoms with E-state index in [0.717, 1.165) is 40.1 Å². The summed E-state index contributed by atoms with van der Waals surface area (Å²) in [5, 5.41) is 0. The standard InChI is InChI=1S/C15H14BrFN2/c1-9-6-15(12(16)8-13(9)18)19-5-4-10-2-3-11(17)7-14(10)19/h2-3,6-8H,4-5,18H2,1H3. The van der Waals surface area contributed by atoms with Crippen LogP contribution >= 0.6 is 15.9 Å². The van der Waals surface area contributed by atoms with Gasteiger partial charge in [0.2, 0.25) is 0 Å². The molecule has 2 N–H and O–H groups in total. The van der Waals surface area contributed by atoms with Crippen LogP contribution < -0.4 is 10.6 Å². The number of fused-ring (bicyclic) bond motifs is 1. The molecule has 1 heterocycles. The van der Waals surface area contributed by atoms with Gasteiger partial charge >= 0.3 is 0 Å². The largest absolute Gasteiger partial charge is 0.398 e. The van der Waals surface area contributed by atoms with Gasteiger partial charge in [-0.1, -0.05) is 6.07 Å². The van der Waals surface area contributed by atoms with Gasteiger partial charge in [-0.3, -0.25) is 0 Å². The topological polar surface area (TPSA) is 29.3 Å². The molecule has 0 aromatic heterocycles. The Kier molecular flexibility index (Phi) is 2.97. The molecule has 0 radical (unpaired) electrons. The second-order valence-corrected chi connectivity index (χ2v) is 5.69. The van der Waals surface area contributed by atoms with E-state index in [4.69, 9.17) is 5.73 Å². The summed E-state index contributed by atoms with van der Waals surface area (Å²) < 4.78 is 14.4. The molecule has 0 spiro atoms. The molecule has 2 aromatic rings. The minimum absolute atomic E-state index is 0.200. The van der Waals surface area contributed by atoms with Crippen molar-refractivity contribution in [3.05, 3.63) is 51.7 Å². The predicted octanol–water partition coefficient (Wildman–Crippen LogP) is 4.17. The first kappa shape index (κ1) is 12.5. The summed E-state index contributed by atoms with van der Waals surface area (Å²) >= 11 is 3.55. The molecule has 2 aromatic carbocycles. The van der Waals surface area contributed by atoms with Crippen molar-refractivity contribution >= 4 is 33.0 Å². The third-order valence-electron chi connectivity index (χ3n) is 3.57. The van der Waals surface area contributed by atoms with E-state index in [2.05, 4.69) is 20.8 Å². The van der Waals surface area contributed by atoms with E-state index in [1.807, 2.05) is 25.1 Å². The fourth-order valence-electron chi connectivity index (χ4n) is 2.49. The molecular weight excluding hydrogens is 307 g/mol. The number of hydrogen-bond donors (Lipinski definition) is 1. The number of hydrogen-bond acceptors (Lipinski definition) is 2. The number of nitrogens with zero attached hydrogens (tertiary/aromatic N) is 1. The summed E-state index contributed by atoms with van der Waals surface area (Å²) in [5.41, 5.74) is 10.9. The monoisotopic (exact) mass is 320 g/mol. The molecule has 0 saturated heterocycles. The summed E-state index contributed by atoms with van der Waals surface area (Å²) in [7, 11) is 0. The van der Waals surface area contributed by atoms with Crippen molar-refractivity contribution in [2.45, 2.75) is 13.3 Å². The van der Waals surface area contributed by atoms with Gasteiger partial charge in [0.1, 0.15) is 5.82 Å². The third kappa shape index (κ3) is 2.10. The number of anilines is 3. The summed E-state index contributed by atoms with van der Waals surface area (Å²) in [4.78, 5) is 2.13. The Morgan fingerprint density at radius 1 is 1.21 bits per heavy atom. The average molecular weight is 321 g/mol. The first-order valence-electron chi connectivity index (χ1n) is 6.18. The molecule has 0 fully saturated rings. The highest BCUT2D eigenvalue weighted by Crippen LogP contribution is 2.40. The van der Waals surface area contributed by atoms with E-state index in [-0.39, 0.29) is 5.82 Å². The molecule has 0 bridgehead atoms. The number of halogens is 2. The predicted molar refractivity (Wildman–Crippen MR) is 80.4 cm³/mol. The molecule has 0 amide bonds. The molecule has 0 saturated carbocycles. The van der Waals surface area contributed by atoms with E-state index in [1.54, 1.807) is 6.07 Å². The smallest absolute Gasteiger partial charge is 0.125 e. The second kappa shape index (κ2) is 4.53. The van der Waals surface area contributed by atoms with Crippen LogP contribution in [0.5, 0.6) is 0 Å². The van der Waals surface area contributed by atoms with Gasteiger partial charge in [0.05, 0.1) is 5.69 Å². The van der Waals surface area contributed by atoms with E-state index < -0.39 is 0 Å². The van der Waals surface area contributed by atoms with Gasteiger partial charge in [-0.15, -0.1) is 0 Å². The zero-order chi connectivity index (χ0) is 13.6. The zero-order valence-electron chi connectivity index (χ0n) is 10.6. The van der Waals surface area contributed by atoms with Gasteiger partial charge < -0.3 is 10.6 Å². The van der Waals surface area contributed by atoms with Crippen LogP contribution in [0.1, 0.15) is 11.1 Å². The van der Waals surface area contributed by atoms with E-state index >= 15 is 0 Å². The van der Waals surface area contributed by atoms with Crippen molar-refractivity contribution < 1.29 is 4.39 Å². The number of nitrogens with two attached hydrogens (primary N) is 1. The van der Waals surface area contributed by atoms with Crippen LogP contribution in [-0.4, -0.2) is 6.54 Å². The lowest BCUT2D eigenvalue weighted by Crippen LogP contribution is -2.14. The molecule has 0 unspecified atom stereocenters. The van der Waals surface area contributed by atoms with Crippen LogP contribution in [0, 0.1) is 12.7 Å². The normalized spacial score (nSPS) is 13.7. The molecule has 1 aliphatic heterocycles. The Labute approximate surface area is 120 Å². The summed E-state index contributed by atoms with van der Waals surface area (Å²) in [6.07, 6.45) is 0.936. The van der Waals surface area contributed by atoms with E-state index in [9.17, 15) is 4.39 Å². The van der Waals surface area contributed by atoms with Crippen molar-refractivity contribution in [1.82, 2.24) is 0 Å². The lowest BCUT2D eigenvalue weighted by molar-refractivity contribution is 0.628. The zero-order valence-corrected chi connectivity index (χ0v) is 12.2. The number of rotatable bonds is 1. The minimum atomic E-state index is -0.200. The van der Waals surface area contributed by atoms with E-state index in [0.29, 0.717) is 0 Å². The van der Waals surface area contributed by atoms with Crippen LogP contribution in [0.4, 0.5) is 21.5 Å². The minimum Gasteiger partial charge on any atom is -0.398 e. The molecule has 1 aliphatic rings. The van der Waals surface area contributed by atoms with Crippen molar-refractivity contribution in [2.24, 2.45) is 0 Å². The maximum absolute atomic E-state index is 13.4. The van der Waals surface area contributed by atoms with Gasteiger partial charge in [0.15, 0.2) is 0 Å². The van der Waals surface area contributed by atoms with Gasteiger partial charge in [-0.2, -0.15) is 0 Å². The highest BCUT2D eigenvalue weighted by molar-refractivity contribution is 9.10. The Balaban J connectivity index is 2.11. The molecule has 98 valence electrons. The van der Waals surface area contributed by atoms with Crippen LogP contribution in [0.25, 0.3) is 0 Å². The Morgan fingerprint density at radius 2 is 2.00 bits per heavy atom. The van der Waals surface area contributed by atoms with Crippen LogP contribution in [0.15, 0.2) is 34.8 Å². The SMILES string of the molecule is Cc1cc(N2CCc3ccc(F)cc32)c(Br)cc1N. The summed E-state index contributed by atoms with van der Waals surface area (Å²) in [6.45, 7) is 2.84. The van der Waals surface area contributed by atoms with Crippen LogP contribution in [-0.2, 0) is 6.42 Å². The summed E-state index contributed by atoms with van der Waals surface area (Å²) in [6, 6.07) is 8.93.